The maximum absolute atomic E-state index is 12.2. The first-order chi connectivity index (χ1) is 6.27. The topological polar surface area (TPSA) is 24.9 Å². The van der Waals surface area contributed by atoms with Crippen molar-refractivity contribution < 1.29 is 8.78 Å². The third-order valence-corrected chi connectivity index (χ3v) is 2.17. The van der Waals surface area contributed by atoms with Crippen molar-refractivity contribution >= 4 is 5.69 Å². The summed E-state index contributed by atoms with van der Waals surface area (Å²) >= 11 is 0. The number of rotatable bonds is 1. The highest BCUT2D eigenvalue weighted by Crippen LogP contribution is 2.25. The van der Waals surface area contributed by atoms with Crippen LogP contribution in [0.1, 0.15) is 24.1 Å². The molecule has 0 aliphatic carbocycles. The highest BCUT2D eigenvalue weighted by molar-refractivity contribution is 5.52. The standard InChI is InChI=1S/C9H10F2N2/c10-9(11)8-4-7-6(5-13-8)2-1-3-12-7/h4-5,9,12H,1-3H2. The molecule has 0 unspecified atom stereocenters. The van der Waals surface area contributed by atoms with Gasteiger partial charge in [0.1, 0.15) is 5.69 Å². The molecule has 70 valence electrons. The van der Waals surface area contributed by atoms with Gasteiger partial charge in [-0.3, -0.25) is 4.98 Å². The van der Waals surface area contributed by atoms with Gasteiger partial charge < -0.3 is 5.32 Å². The Balaban J connectivity index is 2.35. The molecule has 2 rings (SSSR count). The fraction of sp³-hybridized carbons (Fsp3) is 0.444. The number of aryl methyl sites for hydroxylation is 1. The Morgan fingerprint density at radius 2 is 2.31 bits per heavy atom. The smallest absolute Gasteiger partial charge is 0.280 e. The number of nitrogens with one attached hydrogen (secondary N) is 1. The molecule has 0 atom stereocenters. The molecule has 0 amide bonds. The van der Waals surface area contributed by atoms with Crippen LogP contribution >= 0.6 is 0 Å². The lowest BCUT2D eigenvalue weighted by Crippen LogP contribution is -2.12. The van der Waals surface area contributed by atoms with E-state index in [0.717, 1.165) is 30.6 Å². The second kappa shape index (κ2) is 3.28. The quantitative estimate of drug-likeness (QED) is 0.724. The van der Waals surface area contributed by atoms with E-state index in [9.17, 15) is 8.78 Å². The van der Waals surface area contributed by atoms with Crippen LogP contribution in [-0.2, 0) is 6.42 Å². The van der Waals surface area contributed by atoms with Gasteiger partial charge in [0.15, 0.2) is 0 Å². The van der Waals surface area contributed by atoms with Gasteiger partial charge in [0.05, 0.1) is 0 Å². The summed E-state index contributed by atoms with van der Waals surface area (Å²) in [7, 11) is 0. The van der Waals surface area contributed by atoms with Crippen LogP contribution in [0.5, 0.6) is 0 Å². The molecule has 0 bridgehead atoms. The normalized spacial score (nSPS) is 15.3. The van der Waals surface area contributed by atoms with Crippen molar-refractivity contribution in [3.63, 3.8) is 0 Å². The summed E-state index contributed by atoms with van der Waals surface area (Å²) in [4.78, 5) is 3.70. The fourth-order valence-corrected chi connectivity index (χ4v) is 1.48. The first-order valence-corrected chi connectivity index (χ1v) is 4.28. The molecule has 1 aromatic rings. The van der Waals surface area contributed by atoms with E-state index in [4.69, 9.17) is 0 Å². The van der Waals surface area contributed by atoms with Crippen LogP contribution in [0.25, 0.3) is 0 Å². The zero-order valence-corrected chi connectivity index (χ0v) is 7.06. The van der Waals surface area contributed by atoms with Crippen molar-refractivity contribution in [2.75, 3.05) is 11.9 Å². The Morgan fingerprint density at radius 1 is 1.46 bits per heavy atom. The van der Waals surface area contributed by atoms with Crippen molar-refractivity contribution in [1.29, 1.82) is 0 Å². The molecule has 2 nitrogen and oxygen atoms in total. The summed E-state index contributed by atoms with van der Waals surface area (Å²) in [5.41, 5.74) is 1.71. The number of aromatic nitrogens is 1. The number of pyridine rings is 1. The van der Waals surface area contributed by atoms with E-state index in [2.05, 4.69) is 10.3 Å². The molecule has 1 aliphatic rings. The third kappa shape index (κ3) is 1.61. The highest BCUT2D eigenvalue weighted by Gasteiger charge is 2.14. The zero-order chi connectivity index (χ0) is 9.26. The van der Waals surface area contributed by atoms with Crippen LogP contribution in [0.15, 0.2) is 12.3 Å². The van der Waals surface area contributed by atoms with Crippen LogP contribution < -0.4 is 5.32 Å². The molecule has 4 heteroatoms. The summed E-state index contributed by atoms with van der Waals surface area (Å²) < 4.78 is 24.5. The van der Waals surface area contributed by atoms with E-state index in [1.165, 1.54) is 6.07 Å². The number of anilines is 1. The average molecular weight is 184 g/mol. The molecule has 0 radical (unpaired) electrons. The van der Waals surface area contributed by atoms with Crippen LogP contribution in [0.4, 0.5) is 14.5 Å². The summed E-state index contributed by atoms with van der Waals surface area (Å²) in [5.74, 6) is 0. The molecular weight excluding hydrogens is 174 g/mol. The molecule has 0 saturated heterocycles. The summed E-state index contributed by atoms with van der Waals surface area (Å²) in [5, 5.41) is 3.08. The van der Waals surface area contributed by atoms with E-state index in [1.807, 2.05) is 0 Å². The monoisotopic (exact) mass is 184 g/mol. The molecule has 2 heterocycles. The van der Waals surface area contributed by atoms with E-state index < -0.39 is 6.43 Å². The lowest BCUT2D eigenvalue weighted by Gasteiger charge is -2.17. The number of halogens is 2. The molecular formula is C9H10F2N2. The van der Waals surface area contributed by atoms with Crippen molar-refractivity contribution in [2.45, 2.75) is 19.3 Å². The minimum atomic E-state index is -2.48. The fourth-order valence-electron chi connectivity index (χ4n) is 1.48. The third-order valence-electron chi connectivity index (χ3n) is 2.17. The first-order valence-electron chi connectivity index (χ1n) is 4.28. The van der Waals surface area contributed by atoms with Crippen molar-refractivity contribution in [2.24, 2.45) is 0 Å². The van der Waals surface area contributed by atoms with Crippen LogP contribution in [0.3, 0.4) is 0 Å². The van der Waals surface area contributed by atoms with E-state index >= 15 is 0 Å². The number of alkyl halides is 2. The molecule has 0 spiro atoms. The van der Waals surface area contributed by atoms with Gasteiger partial charge in [-0.25, -0.2) is 8.78 Å². The lowest BCUT2D eigenvalue weighted by atomic mass is 10.1. The highest BCUT2D eigenvalue weighted by atomic mass is 19.3. The van der Waals surface area contributed by atoms with Gasteiger partial charge in [0.25, 0.3) is 6.43 Å². The summed E-state index contributed by atoms with van der Waals surface area (Å²) in [6.07, 6.45) is 1.04. The molecule has 0 aromatic carbocycles. The van der Waals surface area contributed by atoms with E-state index in [-0.39, 0.29) is 5.69 Å². The number of fused-ring (bicyclic) bond motifs is 1. The number of hydrogen-bond donors (Lipinski definition) is 1. The maximum Gasteiger partial charge on any atom is 0.280 e. The summed E-state index contributed by atoms with van der Waals surface area (Å²) in [6, 6.07) is 1.44. The predicted octanol–water partition coefficient (Wildman–Crippen LogP) is 2.38. The van der Waals surface area contributed by atoms with E-state index in [1.54, 1.807) is 6.20 Å². The largest absolute Gasteiger partial charge is 0.385 e. The van der Waals surface area contributed by atoms with Gasteiger partial charge in [0.2, 0.25) is 0 Å². The molecule has 0 saturated carbocycles. The first kappa shape index (κ1) is 8.41. The lowest BCUT2D eigenvalue weighted by molar-refractivity contribution is 0.146. The zero-order valence-electron chi connectivity index (χ0n) is 7.06. The Hall–Kier alpha value is -1.19. The minimum absolute atomic E-state index is 0.145. The van der Waals surface area contributed by atoms with Crippen molar-refractivity contribution in [3.05, 3.63) is 23.5 Å². The Kier molecular flexibility index (Phi) is 2.12. The van der Waals surface area contributed by atoms with Gasteiger partial charge in [-0.05, 0) is 24.5 Å². The second-order valence-electron chi connectivity index (χ2n) is 3.10. The summed E-state index contributed by atoms with van der Waals surface area (Å²) in [6.45, 7) is 0.861. The Bertz CT molecular complexity index is 312. The van der Waals surface area contributed by atoms with Gasteiger partial charge in [0, 0.05) is 18.4 Å². The molecule has 1 aliphatic heterocycles. The Labute approximate surface area is 75.0 Å². The molecule has 1 N–H and O–H groups in total. The second-order valence-corrected chi connectivity index (χ2v) is 3.10. The minimum Gasteiger partial charge on any atom is -0.385 e. The number of nitrogens with zero attached hydrogens (tertiary/aromatic N) is 1. The van der Waals surface area contributed by atoms with Crippen LogP contribution in [0, 0.1) is 0 Å². The Morgan fingerprint density at radius 3 is 3.08 bits per heavy atom. The van der Waals surface area contributed by atoms with Crippen molar-refractivity contribution in [3.8, 4) is 0 Å². The van der Waals surface area contributed by atoms with Gasteiger partial charge in [-0.1, -0.05) is 0 Å². The average Bonchev–Trinajstić information content (AvgIpc) is 2.17. The predicted molar refractivity (Wildman–Crippen MR) is 46.0 cm³/mol. The SMILES string of the molecule is FC(F)c1cc2c(cn1)CCCN2. The van der Waals surface area contributed by atoms with Crippen LogP contribution in [0.2, 0.25) is 0 Å². The van der Waals surface area contributed by atoms with Crippen LogP contribution in [-0.4, -0.2) is 11.5 Å². The molecule has 13 heavy (non-hydrogen) atoms. The molecule has 0 fully saturated rings. The van der Waals surface area contributed by atoms with Crippen molar-refractivity contribution in [1.82, 2.24) is 4.98 Å². The number of hydrogen-bond acceptors (Lipinski definition) is 2. The maximum atomic E-state index is 12.2. The van der Waals surface area contributed by atoms with Gasteiger partial charge in [-0.2, -0.15) is 0 Å². The van der Waals surface area contributed by atoms with Gasteiger partial charge in [-0.15, -0.1) is 0 Å². The molecule has 1 aromatic heterocycles. The van der Waals surface area contributed by atoms with E-state index in [0.29, 0.717) is 0 Å². The van der Waals surface area contributed by atoms with Gasteiger partial charge >= 0.3 is 0 Å².